The minimum absolute atomic E-state index is 0.624. The highest BCUT2D eigenvalue weighted by Gasteiger charge is 2.20. The average molecular weight is 172 g/mol. The van der Waals surface area contributed by atoms with Gasteiger partial charge in [0.1, 0.15) is 0 Å². The summed E-state index contributed by atoms with van der Waals surface area (Å²) in [6.07, 6.45) is 1.23. The van der Waals surface area contributed by atoms with E-state index in [-0.39, 0.29) is 0 Å². The predicted octanol–water partition coefficient (Wildman–Crippen LogP) is 1.76. The lowest BCUT2D eigenvalue weighted by atomic mass is 10.0. The highest BCUT2D eigenvalue weighted by atomic mass is 15.1. The van der Waals surface area contributed by atoms with E-state index in [2.05, 4.69) is 31.4 Å². The van der Waals surface area contributed by atoms with Crippen molar-refractivity contribution in [2.75, 3.05) is 6.54 Å². The van der Waals surface area contributed by atoms with E-state index < -0.39 is 0 Å². The van der Waals surface area contributed by atoms with Crippen LogP contribution in [-0.2, 0) is 0 Å². The minimum Gasteiger partial charge on any atom is -0.311 e. The fraction of sp³-hybridized carbons (Fsp3) is 1.00. The van der Waals surface area contributed by atoms with Crippen molar-refractivity contribution in [2.45, 2.75) is 59.2 Å². The van der Waals surface area contributed by atoms with Gasteiger partial charge in [0.15, 0.2) is 0 Å². The quantitative estimate of drug-likeness (QED) is 0.630. The third kappa shape index (κ3) is 3.55. The zero-order valence-electron chi connectivity index (χ0n) is 9.15. The Kier molecular flexibility index (Phi) is 6.39. The Labute approximate surface area is 77.1 Å². The molecule has 0 saturated carbocycles. The van der Waals surface area contributed by atoms with Crippen LogP contribution in [0.4, 0.5) is 0 Å². The van der Waals surface area contributed by atoms with E-state index in [1.807, 2.05) is 13.8 Å². The second-order valence-electron chi connectivity index (χ2n) is 3.26. The summed E-state index contributed by atoms with van der Waals surface area (Å²) >= 11 is 0. The van der Waals surface area contributed by atoms with Gasteiger partial charge in [-0.2, -0.15) is 0 Å². The normalized spacial score (nSPS) is 35.2. The molecule has 0 bridgehead atoms. The van der Waals surface area contributed by atoms with E-state index in [1.54, 1.807) is 0 Å². The summed E-state index contributed by atoms with van der Waals surface area (Å²) in [7, 11) is 0. The first-order valence-electron chi connectivity index (χ1n) is 5.23. The maximum atomic E-state index is 3.55. The molecule has 0 spiro atoms. The summed E-state index contributed by atoms with van der Waals surface area (Å²) in [6, 6.07) is 1.94. The van der Waals surface area contributed by atoms with Crippen LogP contribution in [0.2, 0.25) is 0 Å². The number of rotatable bonds is 1. The molecular formula is C10H24N2. The molecule has 0 radical (unpaired) electrons. The summed E-state index contributed by atoms with van der Waals surface area (Å²) < 4.78 is 0. The Morgan fingerprint density at radius 1 is 1.17 bits per heavy atom. The van der Waals surface area contributed by atoms with Crippen molar-refractivity contribution >= 4 is 0 Å². The molecule has 0 aromatic rings. The van der Waals surface area contributed by atoms with Crippen molar-refractivity contribution in [3.63, 3.8) is 0 Å². The molecule has 0 aromatic heterocycles. The van der Waals surface area contributed by atoms with Gasteiger partial charge in [-0.15, -0.1) is 0 Å². The third-order valence-corrected chi connectivity index (χ3v) is 2.43. The Balaban J connectivity index is 0.000000561. The zero-order valence-corrected chi connectivity index (χ0v) is 9.15. The van der Waals surface area contributed by atoms with Crippen molar-refractivity contribution in [3.05, 3.63) is 0 Å². The SMILES string of the molecule is CC.CCC1CNC(C)C(C)N1. The van der Waals surface area contributed by atoms with Crippen LogP contribution in [0, 0.1) is 0 Å². The fourth-order valence-electron chi connectivity index (χ4n) is 1.34. The fourth-order valence-corrected chi connectivity index (χ4v) is 1.34. The summed E-state index contributed by atoms with van der Waals surface area (Å²) in [4.78, 5) is 0. The number of piperazine rings is 1. The number of nitrogens with one attached hydrogen (secondary N) is 2. The van der Waals surface area contributed by atoms with Crippen LogP contribution in [0.3, 0.4) is 0 Å². The molecule has 1 rings (SSSR count). The van der Waals surface area contributed by atoms with Crippen molar-refractivity contribution in [3.8, 4) is 0 Å². The molecule has 3 unspecified atom stereocenters. The molecule has 0 aliphatic carbocycles. The van der Waals surface area contributed by atoms with E-state index in [0.717, 1.165) is 6.54 Å². The van der Waals surface area contributed by atoms with Gasteiger partial charge < -0.3 is 10.6 Å². The van der Waals surface area contributed by atoms with Gasteiger partial charge >= 0.3 is 0 Å². The maximum Gasteiger partial charge on any atom is 0.0193 e. The van der Waals surface area contributed by atoms with Crippen LogP contribution in [-0.4, -0.2) is 24.7 Å². The van der Waals surface area contributed by atoms with Crippen molar-refractivity contribution in [1.82, 2.24) is 10.6 Å². The van der Waals surface area contributed by atoms with Gasteiger partial charge in [0, 0.05) is 24.7 Å². The summed E-state index contributed by atoms with van der Waals surface area (Å²) in [5, 5.41) is 7.02. The molecule has 3 atom stereocenters. The van der Waals surface area contributed by atoms with Gasteiger partial charge in [0.05, 0.1) is 0 Å². The molecule has 1 fully saturated rings. The molecule has 2 N–H and O–H groups in total. The van der Waals surface area contributed by atoms with Gasteiger partial charge in [0.25, 0.3) is 0 Å². The molecule has 1 aliphatic rings. The maximum absolute atomic E-state index is 3.55. The summed E-state index contributed by atoms with van der Waals surface area (Å²) in [5.41, 5.74) is 0. The Morgan fingerprint density at radius 3 is 2.17 bits per heavy atom. The standard InChI is InChI=1S/C8H18N2.C2H6/c1-4-8-5-9-6(2)7(3)10-8;1-2/h6-10H,4-5H2,1-3H3;1-2H3. The van der Waals surface area contributed by atoms with Gasteiger partial charge in [-0.3, -0.25) is 0 Å². The molecule has 2 nitrogen and oxygen atoms in total. The van der Waals surface area contributed by atoms with Crippen molar-refractivity contribution in [1.29, 1.82) is 0 Å². The first kappa shape index (κ1) is 11.9. The molecule has 2 heteroatoms. The van der Waals surface area contributed by atoms with E-state index in [1.165, 1.54) is 6.42 Å². The molecule has 74 valence electrons. The molecule has 1 aliphatic heterocycles. The monoisotopic (exact) mass is 172 g/mol. The lowest BCUT2D eigenvalue weighted by molar-refractivity contribution is 0.288. The Morgan fingerprint density at radius 2 is 1.75 bits per heavy atom. The van der Waals surface area contributed by atoms with E-state index in [4.69, 9.17) is 0 Å². The summed E-state index contributed by atoms with van der Waals surface area (Å²) in [6.45, 7) is 11.8. The molecule has 12 heavy (non-hydrogen) atoms. The van der Waals surface area contributed by atoms with Gasteiger partial charge in [0.2, 0.25) is 0 Å². The molecule has 0 aromatic carbocycles. The van der Waals surface area contributed by atoms with Gasteiger partial charge in [-0.25, -0.2) is 0 Å². The molecule has 1 heterocycles. The first-order chi connectivity index (χ1) is 5.74. The van der Waals surface area contributed by atoms with E-state index >= 15 is 0 Å². The zero-order chi connectivity index (χ0) is 9.56. The predicted molar refractivity (Wildman–Crippen MR) is 55.5 cm³/mol. The number of hydrogen-bond donors (Lipinski definition) is 2. The smallest absolute Gasteiger partial charge is 0.0193 e. The van der Waals surface area contributed by atoms with Gasteiger partial charge in [-0.1, -0.05) is 20.8 Å². The topological polar surface area (TPSA) is 24.1 Å². The van der Waals surface area contributed by atoms with Crippen molar-refractivity contribution in [2.24, 2.45) is 0 Å². The largest absolute Gasteiger partial charge is 0.311 e. The highest BCUT2D eigenvalue weighted by Crippen LogP contribution is 2.02. The molecular weight excluding hydrogens is 148 g/mol. The highest BCUT2D eigenvalue weighted by molar-refractivity contribution is 4.85. The Hall–Kier alpha value is -0.0800. The van der Waals surface area contributed by atoms with E-state index in [0.29, 0.717) is 18.1 Å². The molecule has 1 saturated heterocycles. The Bertz CT molecular complexity index is 104. The minimum atomic E-state index is 0.624. The van der Waals surface area contributed by atoms with Crippen molar-refractivity contribution < 1.29 is 0 Å². The third-order valence-electron chi connectivity index (χ3n) is 2.43. The van der Waals surface area contributed by atoms with E-state index in [9.17, 15) is 0 Å². The lowest BCUT2D eigenvalue weighted by Crippen LogP contribution is -2.58. The summed E-state index contributed by atoms with van der Waals surface area (Å²) in [5.74, 6) is 0. The second kappa shape index (κ2) is 6.44. The van der Waals surface area contributed by atoms with Crippen LogP contribution in [0.25, 0.3) is 0 Å². The first-order valence-corrected chi connectivity index (χ1v) is 5.23. The number of hydrogen-bond acceptors (Lipinski definition) is 2. The van der Waals surface area contributed by atoms with Gasteiger partial charge in [-0.05, 0) is 20.3 Å². The second-order valence-corrected chi connectivity index (χ2v) is 3.26. The van der Waals surface area contributed by atoms with Crippen LogP contribution in [0.5, 0.6) is 0 Å². The lowest BCUT2D eigenvalue weighted by Gasteiger charge is -2.34. The van der Waals surface area contributed by atoms with Crippen LogP contribution in [0.15, 0.2) is 0 Å². The average Bonchev–Trinajstić information content (AvgIpc) is 2.13. The van der Waals surface area contributed by atoms with Crippen LogP contribution in [0.1, 0.15) is 41.0 Å². The van der Waals surface area contributed by atoms with Crippen LogP contribution < -0.4 is 10.6 Å². The van der Waals surface area contributed by atoms with Crippen LogP contribution >= 0.6 is 0 Å². The molecule has 0 amide bonds.